The van der Waals surface area contributed by atoms with Crippen LogP contribution in [0.25, 0.3) is 0 Å². The minimum Gasteiger partial charge on any atom is -0.378 e. The summed E-state index contributed by atoms with van der Waals surface area (Å²) in [6.07, 6.45) is 1.98. The van der Waals surface area contributed by atoms with Crippen LogP contribution >= 0.6 is 0 Å². The van der Waals surface area contributed by atoms with Gasteiger partial charge in [0.2, 0.25) is 0 Å². The first-order valence-electron chi connectivity index (χ1n) is 13.6. The average molecular weight is 584 g/mol. The van der Waals surface area contributed by atoms with Crippen molar-refractivity contribution in [3.05, 3.63) is 76.7 Å². The summed E-state index contributed by atoms with van der Waals surface area (Å²) in [6, 6.07) is 11.9. The van der Waals surface area contributed by atoms with Crippen molar-refractivity contribution in [1.82, 2.24) is 15.5 Å². The van der Waals surface area contributed by atoms with Crippen LogP contribution in [0.5, 0.6) is 0 Å². The van der Waals surface area contributed by atoms with E-state index < -0.39 is 34.9 Å². The predicted octanol–water partition coefficient (Wildman–Crippen LogP) is 4.54. The molecule has 0 saturated heterocycles. The van der Waals surface area contributed by atoms with Gasteiger partial charge in [-0.25, -0.2) is 27.7 Å². The third-order valence-electron chi connectivity index (χ3n) is 7.86. The van der Waals surface area contributed by atoms with E-state index in [0.717, 1.165) is 22.6 Å². The molecule has 4 amide bonds. The molecule has 0 aromatic heterocycles. The maximum atomic E-state index is 14.2. The number of nitriles is 1. The summed E-state index contributed by atoms with van der Waals surface area (Å²) in [5.41, 5.74) is 0.800. The minimum atomic E-state index is -1.58. The van der Waals surface area contributed by atoms with Crippen LogP contribution in [0.3, 0.4) is 0 Å². The summed E-state index contributed by atoms with van der Waals surface area (Å²) < 4.78 is 47.3. The van der Waals surface area contributed by atoms with Gasteiger partial charge in [0.15, 0.2) is 23.2 Å². The van der Waals surface area contributed by atoms with Crippen molar-refractivity contribution in [2.75, 3.05) is 38.3 Å². The number of carbonyl (C=O) groups is 3. The van der Waals surface area contributed by atoms with Crippen molar-refractivity contribution >= 4 is 23.5 Å². The van der Waals surface area contributed by atoms with Crippen LogP contribution in [0, 0.1) is 28.8 Å². The lowest BCUT2D eigenvalue weighted by Crippen LogP contribution is -2.54. The molecule has 12 heteroatoms. The first kappa shape index (κ1) is 30.6. The van der Waals surface area contributed by atoms with Crippen LogP contribution in [-0.2, 0) is 14.9 Å². The van der Waals surface area contributed by atoms with E-state index in [4.69, 9.17) is 4.74 Å². The van der Waals surface area contributed by atoms with E-state index >= 15 is 0 Å². The molecule has 0 unspecified atom stereocenters. The van der Waals surface area contributed by atoms with Gasteiger partial charge in [0.25, 0.3) is 0 Å². The molecule has 42 heavy (non-hydrogen) atoms. The number of halogens is 3. The largest absolute Gasteiger partial charge is 0.378 e. The van der Waals surface area contributed by atoms with E-state index in [0.29, 0.717) is 25.7 Å². The lowest BCUT2D eigenvalue weighted by atomic mass is 9.69. The van der Waals surface area contributed by atoms with Crippen LogP contribution in [0.4, 0.5) is 28.4 Å². The maximum absolute atomic E-state index is 14.2. The number of imide groups is 1. The second kappa shape index (κ2) is 13.1. The van der Waals surface area contributed by atoms with Crippen molar-refractivity contribution in [2.24, 2.45) is 0 Å². The molecule has 1 fully saturated rings. The Hall–Kier alpha value is -4.37. The molecule has 0 atom stereocenters. The number of ether oxygens (including phenoxy) is 1. The Morgan fingerprint density at radius 1 is 1.17 bits per heavy atom. The number of ketones is 1. The highest BCUT2D eigenvalue weighted by Gasteiger charge is 2.39. The number of hydrogen-bond acceptors (Lipinski definition) is 6. The van der Waals surface area contributed by atoms with E-state index in [9.17, 15) is 32.8 Å². The molecule has 0 radical (unpaired) electrons. The van der Waals surface area contributed by atoms with E-state index in [2.05, 4.69) is 16.7 Å². The molecule has 2 aromatic rings. The summed E-state index contributed by atoms with van der Waals surface area (Å²) in [5, 5.41) is 15.2. The van der Waals surface area contributed by atoms with Crippen molar-refractivity contribution in [3.63, 3.8) is 0 Å². The summed E-state index contributed by atoms with van der Waals surface area (Å²) in [5.74, 6) is -4.59. The van der Waals surface area contributed by atoms with Gasteiger partial charge in [-0.15, -0.1) is 0 Å². The Labute approximate surface area is 241 Å². The van der Waals surface area contributed by atoms with Crippen LogP contribution in [0.2, 0.25) is 0 Å². The van der Waals surface area contributed by atoms with Crippen molar-refractivity contribution in [1.29, 1.82) is 5.26 Å². The van der Waals surface area contributed by atoms with Crippen molar-refractivity contribution < 1.29 is 32.3 Å². The number of rotatable bonds is 9. The number of nitrogens with one attached hydrogen (secondary N) is 2. The van der Waals surface area contributed by atoms with Gasteiger partial charge in [-0.3, -0.25) is 4.79 Å². The van der Waals surface area contributed by atoms with Gasteiger partial charge >= 0.3 is 12.1 Å². The Bertz CT molecular complexity index is 1390. The van der Waals surface area contributed by atoms with Crippen LogP contribution in [0.15, 0.2) is 53.7 Å². The predicted molar refractivity (Wildman–Crippen MR) is 148 cm³/mol. The number of hydrogen-bond donors (Lipinski definition) is 2. The molecule has 2 aliphatic rings. The lowest BCUT2D eigenvalue weighted by Gasteiger charge is -2.41. The van der Waals surface area contributed by atoms with Gasteiger partial charge in [-0.2, -0.15) is 5.26 Å². The van der Waals surface area contributed by atoms with Gasteiger partial charge in [0.05, 0.1) is 30.3 Å². The Kier molecular flexibility index (Phi) is 9.52. The Morgan fingerprint density at radius 3 is 2.38 bits per heavy atom. The zero-order valence-electron chi connectivity index (χ0n) is 23.4. The monoisotopic (exact) mass is 583 g/mol. The van der Waals surface area contributed by atoms with E-state index in [1.807, 2.05) is 30.3 Å². The Morgan fingerprint density at radius 2 is 1.81 bits per heavy atom. The fourth-order valence-electron chi connectivity index (χ4n) is 5.59. The summed E-state index contributed by atoms with van der Waals surface area (Å²) in [6.45, 7) is 1.11. The van der Waals surface area contributed by atoms with Gasteiger partial charge < -0.3 is 20.3 Å². The number of carbonyl (C=O) groups excluding carboxylic acids is 3. The fourth-order valence-corrected chi connectivity index (χ4v) is 5.59. The SMILES string of the molecule is COCC1=C(C(C)=O)CN(C(=O)NCCN(c2cc(F)c(F)c(F)c2)C2CCC(C#N)(c3ccccc3)CC2)C(=O)N1. The molecule has 1 aliphatic heterocycles. The van der Waals surface area contributed by atoms with Crippen LogP contribution in [-0.4, -0.2) is 62.1 Å². The highest BCUT2D eigenvalue weighted by molar-refractivity contribution is 6.02. The smallest absolute Gasteiger partial charge is 0.330 e. The Balaban J connectivity index is 1.49. The van der Waals surface area contributed by atoms with Gasteiger partial charge in [-0.1, -0.05) is 30.3 Å². The number of methoxy groups -OCH3 is 1. The van der Waals surface area contributed by atoms with Gasteiger partial charge in [-0.05, 0) is 38.2 Å². The number of amides is 4. The first-order chi connectivity index (χ1) is 20.1. The minimum absolute atomic E-state index is 0.00535. The van der Waals surface area contributed by atoms with E-state index in [1.165, 1.54) is 14.0 Å². The van der Waals surface area contributed by atoms with Crippen molar-refractivity contribution in [2.45, 2.75) is 44.1 Å². The number of benzene rings is 2. The van der Waals surface area contributed by atoms with Crippen molar-refractivity contribution in [3.8, 4) is 6.07 Å². The third kappa shape index (κ3) is 6.41. The quantitative estimate of drug-likeness (QED) is 0.419. The maximum Gasteiger partial charge on any atom is 0.330 e. The molecule has 1 aliphatic carbocycles. The molecular weight excluding hydrogens is 551 g/mol. The van der Waals surface area contributed by atoms with Crippen LogP contribution in [0.1, 0.15) is 38.2 Å². The molecule has 1 heterocycles. The topological polar surface area (TPSA) is 115 Å². The number of urea groups is 2. The number of Topliss-reactive ketones (excluding diaryl/α,β-unsaturated/α-hetero) is 1. The standard InChI is InChI=1S/C30H32F3N5O4/c1-19(39)23-16-38(29(41)36-26(23)17-42-2)28(40)35-12-13-37(22-14-24(31)27(33)25(32)15-22)21-8-10-30(18-34,11-9-21)20-6-4-3-5-7-20/h3-7,14-15,21H,8-13,16-17H2,1-2H3,(H,35,40)(H,36,41). The molecule has 2 N–H and O–H groups in total. The highest BCUT2D eigenvalue weighted by Crippen LogP contribution is 2.41. The molecule has 2 aromatic carbocycles. The number of anilines is 1. The molecule has 0 bridgehead atoms. The highest BCUT2D eigenvalue weighted by atomic mass is 19.2. The molecule has 9 nitrogen and oxygen atoms in total. The zero-order chi connectivity index (χ0) is 30.4. The lowest BCUT2D eigenvalue weighted by molar-refractivity contribution is -0.113. The van der Waals surface area contributed by atoms with E-state index in [-0.39, 0.29) is 55.0 Å². The summed E-state index contributed by atoms with van der Waals surface area (Å²) >= 11 is 0. The second-order valence-electron chi connectivity index (χ2n) is 10.4. The summed E-state index contributed by atoms with van der Waals surface area (Å²) in [7, 11) is 1.41. The molecule has 222 valence electrons. The molecular formula is C30H32F3N5O4. The van der Waals surface area contributed by atoms with Gasteiger partial charge in [0, 0.05) is 49.6 Å². The molecule has 1 saturated carbocycles. The van der Waals surface area contributed by atoms with Gasteiger partial charge in [0.1, 0.15) is 0 Å². The molecule has 0 spiro atoms. The third-order valence-corrected chi connectivity index (χ3v) is 7.86. The number of nitrogens with zero attached hydrogens (tertiary/aromatic N) is 3. The summed E-state index contributed by atoms with van der Waals surface area (Å²) in [4.78, 5) is 40.1. The zero-order valence-corrected chi connectivity index (χ0v) is 23.4. The molecule has 4 rings (SSSR count). The first-order valence-corrected chi connectivity index (χ1v) is 13.6. The second-order valence-corrected chi connectivity index (χ2v) is 10.4. The van der Waals surface area contributed by atoms with Crippen LogP contribution < -0.4 is 15.5 Å². The average Bonchev–Trinajstić information content (AvgIpc) is 2.98. The van der Waals surface area contributed by atoms with E-state index in [1.54, 1.807) is 4.90 Å². The fraction of sp³-hybridized carbons (Fsp3) is 0.400. The normalized spacial score (nSPS) is 20.5.